The highest BCUT2D eigenvalue weighted by Crippen LogP contribution is 2.39. The van der Waals surface area contributed by atoms with Gasteiger partial charge in [0, 0.05) is 30.4 Å². The Bertz CT molecular complexity index is 1090. The Labute approximate surface area is 211 Å². The number of carbonyl (C=O) groups excluding carboxylic acids is 2. The van der Waals surface area contributed by atoms with E-state index in [1.54, 1.807) is 24.4 Å². The van der Waals surface area contributed by atoms with Crippen molar-refractivity contribution in [3.8, 4) is 0 Å². The molecule has 0 spiro atoms. The third-order valence-corrected chi connectivity index (χ3v) is 6.37. The number of non-ortho nitro benzene ring substituents is 1. The van der Waals surface area contributed by atoms with Crippen LogP contribution in [0.5, 0.6) is 0 Å². The maximum Gasteiger partial charge on any atom is 0.295 e. The van der Waals surface area contributed by atoms with Gasteiger partial charge in [0.25, 0.3) is 17.4 Å². The second-order valence-corrected chi connectivity index (χ2v) is 8.96. The lowest BCUT2D eigenvalue weighted by Crippen LogP contribution is -2.34. The summed E-state index contributed by atoms with van der Waals surface area (Å²) in [7, 11) is 0. The zero-order valence-corrected chi connectivity index (χ0v) is 20.9. The monoisotopic (exact) mass is 494 g/mol. The molecule has 1 amide bonds. The topological polar surface area (TPSA) is 117 Å². The molecule has 0 radical (unpaired) electrons. The third-order valence-electron chi connectivity index (χ3n) is 6.37. The van der Waals surface area contributed by atoms with Gasteiger partial charge in [-0.25, -0.2) is 0 Å². The van der Waals surface area contributed by atoms with Gasteiger partial charge in [-0.05, 0) is 51.0 Å². The second-order valence-electron chi connectivity index (χ2n) is 8.96. The number of ketones is 1. The number of pyridine rings is 1. The molecule has 1 N–H and O–H groups in total. The van der Waals surface area contributed by atoms with Crippen LogP contribution in [0.25, 0.3) is 5.76 Å². The van der Waals surface area contributed by atoms with E-state index in [1.165, 1.54) is 29.2 Å². The molecule has 1 aromatic carbocycles. The highest BCUT2D eigenvalue weighted by atomic mass is 16.6. The number of nitro benzene ring substituents is 1. The molecule has 1 saturated heterocycles. The number of aromatic nitrogens is 1. The van der Waals surface area contributed by atoms with E-state index >= 15 is 0 Å². The van der Waals surface area contributed by atoms with Gasteiger partial charge in [-0.15, -0.1) is 0 Å². The summed E-state index contributed by atoms with van der Waals surface area (Å²) in [6.45, 7) is 7.42. The highest BCUT2D eigenvalue weighted by Gasteiger charge is 2.46. The number of aliphatic hydroxyl groups is 1. The number of nitrogens with zero attached hydrogens (tertiary/aromatic N) is 4. The third kappa shape index (κ3) is 6.34. The Balaban J connectivity index is 1.92. The molecule has 1 fully saturated rings. The van der Waals surface area contributed by atoms with Gasteiger partial charge in [-0.1, -0.05) is 44.9 Å². The summed E-state index contributed by atoms with van der Waals surface area (Å²) in [5.41, 5.74) is 0.237. The first-order valence-electron chi connectivity index (χ1n) is 12.6. The van der Waals surface area contributed by atoms with Crippen molar-refractivity contribution in [3.05, 3.63) is 75.6 Å². The molecule has 0 unspecified atom stereocenters. The molecule has 1 aliphatic heterocycles. The van der Waals surface area contributed by atoms with Crippen LogP contribution in [0, 0.1) is 10.1 Å². The molecule has 1 atom stereocenters. The van der Waals surface area contributed by atoms with Crippen LogP contribution in [0.4, 0.5) is 5.69 Å². The average Bonchev–Trinajstić information content (AvgIpc) is 3.15. The first-order chi connectivity index (χ1) is 17.4. The fourth-order valence-electron chi connectivity index (χ4n) is 4.44. The van der Waals surface area contributed by atoms with Crippen LogP contribution in [0.15, 0.2) is 54.2 Å². The lowest BCUT2D eigenvalue weighted by Gasteiger charge is -2.27. The molecule has 0 saturated carbocycles. The highest BCUT2D eigenvalue weighted by molar-refractivity contribution is 6.46. The van der Waals surface area contributed by atoms with Crippen LogP contribution >= 0.6 is 0 Å². The zero-order chi connectivity index (χ0) is 26.1. The number of rotatable bonds is 13. The molecule has 9 heteroatoms. The lowest BCUT2D eigenvalue weighted by molar-refractivity contribution is -0.384. The van der Waals surface area contributed by atoms with E-state index in [0.29, 0.717) is 18.7 Å². The van der Waals surface area contributed by atoms with Crippen molar-refractivity contribution in [2.75, 3.05) is 26.2 Å². The summed E-state index contributed by atoms with van der Waals surface area (Å²) in [6, 6.07) is 9.73. The lowest BCUT2D eigenvalue weighted by atomic mass is 9.98. The van der Waals surface area contributed by atoms with Crippen molar-refractivity contribution in [2.45, 2.75) is 52.0 Å². The quantitative estimate of drug-likeness (QED) is 0.141. The van der Waals surface area contributed by atoms with Crippen molar-refractivity contribution >= 4 is 23.1 Å². The fourth-order valence-corrected chi connectivity index (χ4v) is 4.44. The fraction of sp³-hybridized carbons (Fsp3) is 0.444. The molecule has 192 valence electrons. The number of hydrogen-bond acceptors (Lipinski definition) is 7. The van der Waals surface area contributed by atoms with Crippen LogP contribution in [0.3, 0.4) is 0 Å². The number of Topliss-reactive ketones (excluding diaryl/α,β-unsaturated/α-hetero) is 1. The van der Waals surface area contributed by atoms with Gasteiger partial charge in [0.1, 0.15) is 11.8 Å². The zero-order valence-electron chi connectivity index (χ0n) is 20.9. The van der Waals surface area contributed by atoms with Crippen molar-refractivity contribution in [2.24, 2.45) is 0 Å². The van der Waals surface area contributed by atoms with E-state index in [1.807, 2.05) is 0 Å². The van der Waals surface area contributed by atoms with Crippen LogP contribution < -0.4 is 0 Å². The molecule has 3 rings (SSSR count). The maximum absolute atomic E-state index is 13.1. The first-order valence-corrected chi connectivity index (χ1v) is 12.6. The standard InChI is InChI=1S/C27H34N4O5/c1-3-5-15-29(16-6-4-2)17-10-18-30-24(22-13-7-8-14-28-22)23(26(33)27(30)34)25(32)20-11-9-12-21(19-20)31(35)36/h7-9,11-14,19,24,32H,3-6,10,15-18H2,1-2H3/t24-/m1/s1. The van der Waals surface area contributed by atoms with Gasteiger partial charge in [0.15, 0.2) is 0 Å². The van der Waals surface area contributed by atoms with Crippen molar-refractivity contribution in [3.63, 3.8) is 0 Å². The summed E-state index contributed by atoms with van der Waals surface area (Å²) >= 11 is 0. The number of amides is 1. The van der Waals surface area contributed by atoms with E-state index in [9.17, 15) is 24.8 Å². The SMILES string of the molecule is CCCCN(CCCC)CCCN1C(=O)C(=O)C(=C(O)c2cccc([N+](=O)[O-])c2)[C@H]1c1ccccn1. The first kappa shape index (κ1) is 27.0. The van der Waals surface area contributed by atoms with Gasteiger partial charge in [0.2, 0.25) is 0 Å². The summed E-state index contributed by atoms with van der Waals surface area (Å²) < 4.78 is 0. The van der Waals surface area contributed by atoms with Crippen molar-refractivity contribution < 1.29 is 19.6 Å². The molecule has 2 heterocycles. The van der Waals surface area contributed by atoms with E-state index < -0.39 is 28.4 Å². The van der Waals surface area contributed by atoms with E-state index in [-0.39, 0.29) is 16.8 Å². The molecular formula is C27H34N4O5. The molecule has 2 aromatic rings. The number of benzene rings is 1. The average molecular weight is 495 g/mol. The van der Waals surface area contributed by atoms with Crippen molar-refractivity contribution in [1.82, 2.24) is 14.8 Å². The Hall–Kier alpha value is -3.59. The summed E-state index contributed by atoms with van der Waals surface area (Å²) in [4.78, 5) is 45.1. The molecule has 36 heavy (non-hydrogen) atoms. The van der Waals surface area contributed by atoms with E-state index in [0.717, 1.165) is 45.3 Å². The van der Waals surface area contributed by atoms with Gasteiger partial charge in [0.05, 0.1) is 16.2 Å². The molecule has 9 nitrogen and oxygen atoms in total. The van der Waals surface area contributed by atoms with Gasteiger partial charge in [-0.2, -0.15) is 0 Å². The molecule has 0 aliphatic carbocycles. The van der Waals surface area contributed by atoms with E-state index in [4.69, 9.17) is 0 Å². The summed E-state index contributed by atoms with van der Waals surface area (Å²) in [6.07, 6.45) is 6.65. The largest absolute Gasteiger partial charge is 0.507 e. The molecule has 0 bridgehead atoms. The minimum Gasteiger partial charge on any atom is -0.507 e. The van der Waals surface area contributed by atoms with Crippen LogP contribution in [-0.2, 0) is 9.59 Å². The molecule has 1 aromatic heterocycles. The van der Waals surface area contributed by atoms with Crippen LogP contribution in [0.2, 0.25) is 0 Å². The Morgan fingerprint density at radius 2 is 1.75 bits per heavy atom. The minimum atomic E-state index is -0.870. The van der Waals surface area contributed by atoms with Crippen molar-refractivity contribution in [1.29, 1.82) is 0 Å². The molecule has 1 aliphatic rings. The van der Waals surface area contributed by atoms with Crippen LogP contribution in [0.1, 0.15) is 63.3 Å². The Morgan fingerprint density at radius 1 is 1.06 bits per heavy atom. The van der Waals surface area contributed by atoms with Gasteiger partial charge < -0.3 is 14.9 Å². The number of aliphatic hydroxyl groups excluding tert-OH is 1. The predicted molar refractivity (Wildman–Crippen MR) is 137 cm³/mol. The normalized spacial score (nSPS) is 17.2. The number of nitro groups is 1. The second kappa shape index (κ2) is 12.9. The summed E-state index contributed by atoms with van der Waals surface area (Å²) in [5.74, 6) is -1.96. The number of likely N-dealkylation sites (tertiary alicyclic amines) is 1. The van der Waals surface area contributed by atoms with Gasteiger partial charge >= 0.3 is 0 Å². The Kier molecular flexibility index (Phi) is 9.69. The number of carbonyl (C=O) groups is 2. The smallest absolute Gasteiger partial charge is 0.295 e. The Morgan fingerprint density at radius 3 is 2.36 bits per heavy atom. The molecular weight excluding hydrogens is 460 g/mol. The predicted octanol–water partition coefficient (Wildman–Crippen LogP) is 4.70. The minimum absolute atomic E-state index is 0.104. The number of unbranched alkanes of at least 4 members (excludes halogenated alkanes) is 2. The summed E-state index contributed by atoms with van der Waals surface area (Å²) in [5, 5.41) is 22.3. The van der Waals surface area contributed by atoms with Crippen LogP contribution in [-0.4, -0.2) is 62.7 Å². The maximum atomic E-state index is 13.1. The number of hydrogen-bond donors (Lipinski definition) is 1. The van der Waals surface area contributed by atoms with Gasteiger partial charge in [-0.3, -0.25) is 24.7 Å². The van der Waals surface area contributed by atoms with E-state index in [2.05, 4.69) is 23.7 Å².